The molecular formula is C22H22N2O6. The number of fused-ring (bicyclic) bond motifs is 1. The standard InChI is InChI=1S/C22H22N2O6/c25-21(16-6-8-19(9-7-16)24(27)28)30-20-10-17-12-23(13-18(17)11-20)22(26)29-14-15-4-2-1-3-5-15/h1-9,17-18,20H,10-14H2/t17-,18+,20+. The minimum absolute atomic E-state index is 0.0683. The van der Waals surface area contributed by atoms with Crippen LogP contribution in [-0.4, -0.2) is 41.1 Å². The fourth-order valence-corrected chi connectivity index (χ4v) is 4.24. The Morgan fingerprint density at radius 3 is 2.23 bits per heavy atom. The second-order valence-corrected chi connectivity index (χ2v) is 7.77. The fraction of sp³-hybridized carbons (Fsp3) is 0.364. The molecule has 8 heteroatoms. The van der Waals surface area contributed by atoms with Crippen molar-refractivity contribution in [3.8, 4) is 0 Å². The Hall–Kier alpha value is -3.42. The third kappa shape index (κ3) is 4.42. The quantitative estimate of drug-likeness (QED) is 0.422. The van der Waals surface area contributed by atoms with Gasteiger partial charge in [0.25, 0.3) is 5.69 Å². The van der Waals surface area contributed by atoms with E-state index >= 15 is 0 Å². The molecule has 1 aliphatic heterocycles. The summed E-state index contributed by atoms with van der Waals surface area (Å²) in [5.74, 6) is 0.0851. The van der Waals surface area contributed by atoms with Crippen LogP contribution >= 0.6 is 0 Å². The number of hydrogen-bond acceptors (Lipinski definition) is 6. The molecule has 0 spiro atoms. The number of non-ortho nitro benzene ring substituents is 1. The zero-order valence-corrected chi connectivity index (χ0v) is 16.3. The Bertz CT molecular complexity index is 916. The Balaban J connectivity index is 1.24. The first kappa shape index (κ1) is 19.9. The third-order valence-corrected chi connectivity index (χ3v) is 5.76. The molecule has 0 radical (unpaired) electrons. The molecule has 1 aliphatic carbocycles. The number of amides is 1. The SMILES string of the molecule is O=C(O[C@H]1C[C@@H]2CN(C(=O)OCc3ccccc3)C[C@@H]2C1)c1ccc([N+](=O)[O-])cc1. The fourth-order valence-electron chi connectivity index (χ4n) is 4.24. The van der Waals surface area contributed by atoms with Crippen LogP contribution in [0.15, 0.2) is 54.6 Å². The van der Waals surface area contributed by atoms with Crippen molar-refractivity contribution < 1.29 is 24.0 Å². The maximum atomic E-state index is 12.3. The third-order valence-electron chi connectivity index (χ3n) is 5.76. The minimum atomic E-state index is -0.510. The molecule has 8 nitrogen and oxygen atoms in total. The van der Waals surface area contributed by atoms with Gasteiger partial charge in [-0.25, -0.2) is 9.59 Å². The molecule has 4 rings (SSSR count). The molecule has 2 aromatic rings. The van der Waals surface area contributed by atoms with Crippen LogP contribution in [0.3, 0.4) is 0 Å². The molecular weight excluding hydrogens is 388 g/mol. The first-order valence-corrected chi connectivity index (χ1v) is 9.90. The first-order valence-electron chi connectivity index (χ1n) is 9.90. The molecule has 0 unspecified atom stereocenters. The zero-order chi connectivity index (χ0) is 21.1. The van der Waals surface area contributed by atoms with Crippen molar-refractivity contribution in [1.29, 1.82) is 0 Å². The van der Waals surface area contributed by atoms with Crippen molar-refractivity contribution in [2.24, 2.45) is 11.8 Å². The molecule has 1 saturated heterocycles. The van der Waals surface area contributed by atoms with Crippen LogP contribution in [0, 0.1) is 22.0 Å². The van der Waals surface area contributed by atoms with Crippen LogP contribution in [0.4, 0.5) is 10.5 Å². The number of hydrogen-bond donors (Lipinski definition) is 0. The van der Waals surface area contributed by atoms with Crippen molar-refractivity contribution in [1.82, 2.24) is 4.90 Å². The molecule has 30 heavy (non-hydrogen) atoms. The highest BCUT2D eigenvalue weighted by Gasteiger charge is 2.44. The largest absolute Gasteiger partial charge is 0.459 e. The topological polar surface area (TPSA) is 99.0 Å². The van der Waals surface area contributed by atoms with Crippen LogP contribution < -0.4 is 0 Å². The van der Waals surface area contributed by atoms with E-state index in [0.717, 1.165) is 5.56 Å². The van der Waals surface area contributed by atoms with Crippen molar-refractivity contribution >= 4 is 17.7 Å². The number of likely N-dealkylation sites (tertiary alicyclic amines) is 1. The van der Waals surface area contributed by atoms with Gasteiger partial charge in [0, 0.05) is 25.2 Å². The van der Waals surface area contributed by atoms with E-state index in [1.54, 1.807) is 4.90 Å². The number of esters is 1. The van der Waals surface area contributed by atoms with Gasteiger partial charge in [-0.05, 0) is 42.4 Å². The molecule has 1 saturated carbocycles. The maximum absolute atomic E-state index is 12.3. The summed E-state index contributed by atoms with van der Waals surface area (Å²) in [6, 6.07) is 14.9. The van der Waals surface area contributed by atoms with E-state index in [0.29, 0.717) is 31.5 Å². The number of nitrogens with zero attached hydrogens (tertiary/aromatic N) is 2. The number of nitro benzene ring substituents is 1. The van der Waals surface area contributed by atoms with Gasteiger partial charge in [0.2, 0.25) is 0 Å². The Morgan fingerprint density at radius 2 is 1.63 bits per heavy atom. The number of nitro groups is 1. The summed E-state index contributed by atoms with van der Waals surface area (Å²) in [7, 11) is 0. The zero-order valence-electron chi connectivity index (χ0n) is 16.3. The Kier molecular flexibility index (Phi) is 5.65. The monoisotopic (exact) mass is 410 g/mol. The predicted molar refractivity (Wildman–Crippen MR) is 107 cm³/mol. The highest BCUT2D eigenvalue weighted by molar-refractivity contribution is 5.89. The van der Waals surface area contributed by atoms with E-state index in [4.69, 9.17) is 9.47 Å². The van der Waals surface area contributed by atoms with E-state index in [1.165, 1.54) is 24.3 Å². The van der Waals surface area contributed by atoms with Crippen molar-refractivity contribution in [2.75, 3.05) is 13.1 Å². The van der Waals surface area contributed by atoms with Crippen molar-refractivity contribution in [3.63, 3.8) is 0 Å². The van der Waals surface area contributed by atoms with Crippen LogP contribution in [0.5, 0.6) is 0 Å². The molecule has 0 aromatic heterocycles. The summed E-state index contributed by atoms with van der Waals surface area (Å²) in [5.41, 5.74) is 1.17. The Morgan fingerprint density at radius 1 is 1.00 bits per heavy atom. The van der Waals surface area contributed by atoms with Gasteiger partial charge in [-0.15, -0.1) is 0 Å². The molecule has 1 heterocycles. The van der Waals surface area contributed by atoms with Crippen molar-refractivity contribution in [3.05, 3.63) is 75.8 Å². The summed E-state index contributed by atoms with van der Waals surface area (Å²) in [6.45, 7) is 1.45. The number of benzene rings is 2. The lowest BCUT2D eigenvalue weighted by Gasteiger charge is -2.19. The molecule has 0 N–H and O–H groups in total. The van der Waals surface area contributed by atoms with Crippen LogP contribution in [0.25, 0.3) is 0 Å². The summed E-state index contributed by atoms with van der Waals surface area (Å²) in [6.07, 6.45) is 0.885. The van der Waals surface area contributed by atoms with Gasteiger partial charge in [0.1, 0.15) is 12.7 Å². The first-order chi connectivity index (χ1) is 14.5. The molecule has 0 bridgehead atoms. The van der Waals surface area contributed by atoms with Crippen LogP contribution in [0.2, 0.25) is 0 Å². The molecule has 3 atom stereocenters. The predicted octanol–water partition coefficient (Wildman–Crippen LogP) is 3.80. The van der Waals surface area contributed by atoms with E-state index in [9.17, 15) is 19.7 Å². The van der Waals surface area contributed by atoms with E-state index in [1.807, 2.05) is 30.3 Å². The maximum Gasteiger partial charge on any atom is 0.410 e. The van der Waals surface area contributed by atoms with Gasteiger partial charge in [-0.1, -0.05) is 30.3 Å². The summed E-state index contributed by atoms with van der Waals surface area (Å²) < 4.78 is 11.0. The lowest BCUT2D eigenvalue weighted by Crippen LogP contribution is -2.31. The highest BCUT2D eigenvalue weighted by atomic mass is 16.6. The van der Waals surface area contributed by atoms with Gasteiger partial charge in [-0.2, -0.15) is 0 Å². The molecule has 156 valence electrons. The normalized spacial score (nSPS) is 22.4. The summed E-state index contributed by atoms with van der Waals surface area (Å²) in [4.78, 5) is 36.6. The van der Waals surface area contributed by atoms with E-state index in [-0.39, 0.29) is 36.3 Å². The van der Waals surface area contributed by atoms with Crippen molar-refractivity contribution in [2.45, 2.75) is 25.6 Å². The van der Waals surface area contributed by atoms with Crippen LogP contribution in [0.1, 0.15) is 28.8 Å². The second-order valence-electron chi connectivity index (χ2n) is 7.77. The van der Waals surface area contributed by atoms with Crippen LogP contribution in [-0.2, 0) is 16.1 Å². The smallest absolute Gasteiger partial charge is 0.410 e. The van der Waals surface area contributed by atoms with Gasteiger partial charge >= 0.3 is 12.1 Å². The van der Waals surface area contributed by atoms with E-state index in [2.05, 4.69) is 0 Å². The summed E-state index contributed by atoms with van der Waals surface area (Å²) in [5, 5.41) is 10.7. The Labute approximate surface area is 173 Å². The number of rotatable bonds is 5. The molecule has 2 aromatic carbocycles. The molecule has 2 aliphatic rings. The lowest BCUT2D eigenvalue weighted by molar-refractivity contribution is -0.384. The van der Waals surface area contributed by atoms with Gasteiger partial charge in [-0.3, -0.25) is 10.1 Å². The lowest BCUT2D eigenvalue weighted by atomic mass is 10.0. The molecule has 1 amide bonds. The number of ether oxygens (including phenoxy) is 2. The molecule has 2 fully saturated rings. The number of carbonyl (C=O) groups is 2. The highest BCUT2D eigenvalue weighted by Crippen LogP contribution is 2.40. The minimum Gasteiger partial charge on any atom is -0.459 e. The van der Waals surface area contributed by atoms with Gasteiger partial charge < -0.3 is 14.4 Å². The average Bonchev–Trinajstić information content (AvgIpc) is 3.31. The number of carbonyl (C=O) groups excluding carboxylic acids is 2. The van der Waals surface area contributed by atoms with E-state index < -0.39 is 10.9 Å². The van der Waals surface area contributed by atoms with Gasteiger partial charge in [0.05, 0.1) is 10.5 Å². The summed E-state index contributed by atoms with van der Waals surface area (Å²) >= 11 is 0. The van der Waals surface area contributed by atoms with Gasteiger partial charge in [0.15, 0.2) is 0 Å². The second kappa shape index (κ2) is 8.52. The average molecular weight is 410 g/mol.